The molecule has 5 rings (SSSR count). The van der Waals surface area contributed by atoms with Crippen molar-refractivity contribution in [2.24, 2.45) is 0 Å². The lowest BCUT2D eigenvalue weighted by atomic mass is 10.1. The Labute approximate surface area is 200 Å². The van der Waals surface area contributed by atoms with Crippen molar-refractivity contribution in [3.8, 4) is 0 Å². The number of morpholine rings is 1. The van der Waals surface area contributed by atoms with Crippen molar-refractivity contribution >= 4 is 56.9 Å². The van der Waals surface area contributed by atoms with Crippen molar-refractivity contribution in [2.75, 3.05) is 31.2 Å². The van der Waals surface area contributed by atoms with Gasteiger partial charge in [0, 0.05) is 25.0 Å². The van der Waals surface area contributed by atoms with Crippen LogP contribution in [-0.4, -0.2) is 46.0 Å². The molecule has 1 amide bonds. The van der Waals surface area contributed by atoms with E-state index in [1.807, 2.05) is 37.3 Å². The molecule has 0 atom stereocenters. The van der Waals surface area contributed by atoms with Gasteiger partial charge < -0.3 is 18.6 Å². The Bertz CT molecular complexity index is 1310. The number of thioether (sulfide) groups is 1. The summed E-state index contributed by atoms with van der Waals surface area (Å²) in [7, 11) is 0. The minimum absolute atomic E-state index is 0.117. The molecule has 1 aromatic carbocycles. The van der Waals surface area contributed by atoms with Crippen molar-refractivity contribution in [2.45, 2.75) is 20.0 Å². The topological polar surface area (TPSA) is 67.9 Å². The quantitative estimate of drug-likeness (QED) is 0.405. The molecule has 7 nitrogen and oxygen atoms in total. The van der Waals surface area contributed by atoms with E-state index < -0.39 is 0 Å². The third-order valence-corrected chi connectivity index (χ3v) is 7.25. The molecule has 0 N–H and O–H groups in total. The van der Waals surface area contributed by atoms with Crippen molar-refractivity contribution < 1.29 is 13.9 Å². The first kappa shape index (κ1) is 21.9. The van der Waals surface area contributed by atoms with Crippen molar-refractivity contribution in [3.05, 3.63) is 69.2 Å². The maximum Gasteiger partial charge on any atom is 0.266 e. The van der Waals surface area contributed by atoms with Crippen LogP contribution in [-0.2, 0) is 22.6 Å². The summed E-state index contributed by atoms with van der Waals surface area (Å²) < 4.78 is 13.1. The molecule has 2 aliphatic heterocycles. The number of furan rings is 1. The van der Waals surface area contributed by atoms with E-state index in [0.717, 1.165) is 16.6 Å². The average molecular weight is 482 g/mol. The predicted octanol–water partition coefficient (Wildman–Crippen LogP) is 3.85. The number of carbonyl (C=O) groups is 1. The van der Waals surface area contributed by atoms with E-state index in [4.69, 9.17) is 21.4 Å². The molecule has 9 heteroatoms. The van der Waals surface area contributed by atoms with Crippen LogP contribution in [0, 0.1) is 0 Å². The summed E-state index contributed by atoms with van der Waals surface area (Å²) in [4.78, 5) is 31.0. The van der Waals surface area contributed by atoms with Crippen LogP contribution >= 0.6 is 24.0 Å². The Kier molecular flexibility index (Phi) is 6.09. The fourth-order valence-corrected chi connectivity index (χ4v) is 5.54. The van der Waals surface area contributed by atoms with Crippen LogP contribution in [0.1, 0.15) is 18.2 Å². The van der Waals surface area contributed by atoms with Gasteiger partial charge in [0.1, 0.15) is 10.1 Å². The van der Waals surface area contributed by atoms with Gasteiger partial charge in [-0.3, -0.25) is 14.5 Å². The normalized spacial score (nSPS) is 18.2. The summed E-state index contributed by atoms with van der Waals surface area (Å²) >= 11 is 6.69. The number of aromatic nitrogens is 1. The van der Waals surface area contributed by atoms with Gasteiger partial charge in [-0.1, -0.05) is 42.2 Å². The van der Waals surface area contributed by atoms with Gasteiger partial charge in [-0.15, -0.1) is 0 Å². The molecule has 0 saturated carbocycles. The van der Waals surface area contributed by atoms with Gasteiger partial charge in [0.15, 0.2) is 0 Å². The Morgan fingerprint density at radius 3 is 2.64 bits per heavy atom. The van der Waals surface area contributed by atoms with Gasteiger partial charge in [-0.05, 0) is 31.2 Å². The Morgan fingerprint density at radius 2 is 1.91 bits per heavy atom. The summed E-state index contributed by atoms with van der Waals surface area (Å²) in [6.07, 6.45) is 3.28. The molecule has 33 heavy (non-hydrogen) atoms. The van der Waals surface area contributed by atoms with Crippen LogP contribution < -0.4 is 10.5 Å². The minimum atomic E-state index is -0.218. The summed E-state index contributed by atoms with van der Waals surface area (Å²) in [5, 5.41) is 0.984. The summed E-state index contributed by atoms with van der Waals surface area (Å²) in [6, 6.07) is 11.5. The van der Waals surface area contributed by atoms with Crippen LogP contribution in [0.25, 0.3) is 17.0 Å². The molecule has 4 heterocycles. The Morgan fingerprint density at radius 1 is 1.12 bits per heavy atom. The molecule has 0 aliphatic carbocycles. The zero-order valence-corrected chi connectivity index (χ0v) is 19.8. The number of rotatable bonds is 5. The third kappa shape index (κ3) is 4.01. The maximum absolute atomic E-state index is 13.7. The first-order valence-electron chi connectivity index (χ1n) is 10.8. The second-order valence-electron chi connectivity index (χ2n) is 7.78. The van der Waals surface area contributed by atoms with Crippen LogP contribution in [0.2, 0.25) is 0 Å². The molecule has 2 fully saturated rings. The summed E-state index contributed by atoms with van der Waals surface area (Å²) in [5.41, 5.74) is 2.12. The van der Waals surface area contributed by atoms with Crippen LogP contribution in [0.15, 0.2) is 56.8 Å². The monoisotopic (exact) mass is 481 g/mol. The Balaban J connectivity index is 1.65. The number of para-hydroxylation sites is 1. The molecule has 170 valence electrons. The maximum atomic E-state index is 13.7. The Hall–Kier alpha value is -2.88. The van der Waals surface area contributed by atoms with E-state index in [1.165, 1.54) is 16.7 Å². The van der Waals surface area contributed by atoms with Crippen LogP contribution in [0.5, 0.6) is 0 Å². The largest absolute Gasteiger partial charge is 0.467 e. The van der Waals surface area contributed by atoms with Crippen molar-refractivity contribution in [1.29, 1.82) is 0 Å². The molecule has 3 aromatic rings. The molecule has 0 bridgehead atoms. The minimum Gasteiger partial charge on any atom is -0.467 e. The predicted molar refractivity (Wildman–Crippen MR) is 134 cm³/mol. The lowest BCUT2D eigenvalue weighted by molar-refractivity contribution is -0.122. The van der Waals surface area contributed by atoms with E-state index in [9.17, 15) is 9.59 Å². The number of ether oxygens (including phenoxy) is 1. The van der Waals surface area contributed by atoms with Gasteiger partial charge in [0.05, 0.1) is 47.7 Å². The number of nitrogens with zero attached hydrogens (tertiary/aromatic N) is 3. The highest BCUT2D eigenvalue weighted by molar-refractivity contribution is 8.26. The number of hydrogen-bond acceptors (Lipinski definition) is 7. The number of pyridine rings is 1. The number of anilines is 1. The van der Waals surface area contributed by atoms with Crippen LogP contribution in [0.4, 0.5) is 5.69 Å². The fraction of sp³-hybridized carbons (Fsp3) is 0.292. The SMILES string of the molecule is CCn1c(=O)c(C=C2SC(=S)N(Cc3ccco3)C2=O)c(N2CCOCC2)c2ccccc21. The average Bonchev–Trinajstić information content (AvgIpc) is 3.44. The number of hydrogen-bond donors (Lipinski definition) is 0. The van der Waals surface area contributed by atoms with E-state index in [2.05, 4.69) is 4.90 Å². The highest BCUT2D eigenvalue weighted by Gasteiger charge is 2.33. The molecule has 0 radical (unpaired) electrons. The number of carbonyl (C=O) groups excluding carboxylic acids is 1. The summed E-state index contributed by atoms with van der Waals surface area (Å²) in [5.74, 6) is 0.436. The number of fused-ring (bicyclic) bond motifs is 1. The second-order valence-corrected chi connectivity index (χ2v) is 9.45. The standard InChI is InChI=1S/C24H23N3O4S2/c1-2-26-19-8-4-3-7-17(19)21(25-9-12-30-13-10-25)18(22(26)28)14-20-23(29)27(24(32)33-20)15-16-6-5-11-31-16/h3-8,11,14H,2,9-10,12-13,15H2,1H3. The molecular formula is C24H23N3O4S2. The van der Waals surface area contributed by atoms with Gasteiger partial charge in [0.2, 0.25) is 0 Å². The molecule has 2 aliphatic rings. The lowest BCUT2D eigenvalue weighted by Crippen LogP contribution is -2.38. The second kappa shape index (κ2) is 9.17. The zero-order valence-electron chi connectivity index (χ0n) is 18.2. The van der Waals surface area contributed by atoms with Gasteiger partial charge in [-0.25, -0.2) is 0 Å². The number of amides is 1. The van der Waals surface area contributed by atoms with E-state index in [0.29, 0.717) is 53.4 Å². The zero-order chi connectivity index (χ0) is 22.9. The first-order chi connectivity index (χ1) is 16.1. The highest BCUT2D eigenvalue weighted by Crippen LogP contribution is 2.37. The number of thiocarbonyl (C=S) groups is 1. The van der Waals surface area contributed by atoms with Crippen molar-refractivity contribution in [3.63, 3.8) is 0 Å². The van der Waals surface area contributed by atoms with Gasteiger partial charge in [0.25, 0.3) is 11.5 Å². The third-order valence-electron chi connectivity index (χ3n) is 5.87. The number of aryl methyl sites for hydroxylation is 1. The molecule has 0 spiro atoms. The van der Waals surface area contributed by atoms with E-state index in [1.54, 1.807) is 23.0 Å². The molecular weight excluding hydrogens is 458 g/mol. The molecule has 2 saturated heterocycles. The lowest BCUT2D eigenvalue weighted by Gasteiger charge is -2.31. The number of benzene rings is 1. The molecule has 0 unspecified atom stereocenters. The fourth-order valence-electron chi connectivity index (χ4n) is 4.31. The van der Waals surface area contributed by atoms with E-state index in [-0.39, 0.29) is 18.0 Å². The van der Waals surface area contributed by atoms with Gasteiger partial charge >= 0.3 is 0 Å². The first-order valence-corrected chi connectivity index (χ1v) is 12.1. The van der Waals surface area contributed by atoms with Gasteiger partial charge in [-0.2, -0.15) is 0 Å². The summed E-state index contributed by atoms with van der Waals surface area (Å²) in [6.45, 7) is 5.30. The van der Waals surface area contributed by atoms with Crippen LogP contribution in [0.3, 0.4) is 0 Å². The highest BCUT2D eigenvalue weighted by atomic mass is 32.2. The van der Waals surface area contributed by atoms with E-state index >= 15 is 0 Å². The molecule has 2 aromatic heterocycles. The smallest absolute Gasteiger partial charge is 0.266 e. The van der Waals surface area contributed by atoms with Crippen molar-refractivity contribution in [1.82, 2.24) is 9.47 Å².